The van der Waals surface area contributed by atoms with E-state index < -0.39 is 0 Å². The van der Waals surface area contributed by atoms with E-state index >= 15 is 0 Å². The molecule has 62 heavy (non-hydrogen) atoms. The van der Waals surface area contributed by atoms with Crippen LogP contribution in [0.4, 0.5) is 17.1 Å². The first-order chi connectivity index (χ1) is 29.6. The minimum absolute atomic E-state index is 0.0106. The van der Waals surface area contributed by atoms with Gasteiger partial charge in [0.25, 0.3) is 0 Å². The number of hydrogen-bond donors (Lipinski definition) is 0. The molecule has 0 saturated heterocycles. The van der Waals surface area contributed by atoms with Gasteiger partial charge >= 0.3 is 0 Å². The lowest BCUT2D eigenvalue weighted by Crippen LogP contribution is -2.32. The molecule has 4 aliphatic rings. The fourth-order valence-electron chi connectivity index (χ4n) is 12.5. The second-order valence-electron chi connectivity index (χ2n) is 21.9. The molecule has 7 aromatic rings. The van der Waals surface area contributed by atoms with Gasteiger partial charge in [0.05, 0.1) is 5.69 Å². The second kappa shape index (κ2) is 13.7. The smallest absolute Gasteiger partial charge is 0.0543 e. The summed E-state index contributed by atoms with van der Waals surface area (Å²) in [5.41, 5.74) is 24.2. The Bertz CT molecular complexity index is 2930. The summed E-state index contributed by atoms with van der Waals surface area (Å²) in [4.78, 5) is 2.63. The largest absolute Gasteiger partial charge is 0.310 e. The Morgan fingerprint density at radius 1 is 0.484 bits per heavy atom. The summed E-state index contributed by atoms with van der Waals surface area (Å²) < 4.78 is 0. The average molecular weight is 808 g/mol. The van der Waals surface area contributed by atoms with E-state index in [1.807, 2.05) is 0 Å². The SMILES string of the molecule is Cc1cc(N(c2ccc3c(c2)C(C)(C)c2ccccc2-3)c2ccc3c(c2)C2(CC4CCC2C4)c2ccccc2-3)c(-c2cccc(C(C)(C)C)c2)cc1-c1ccc(C(C)(C)C)cc1. The Balaban J connectivity index is 1.17. The van der Waals surface area contributed by atoms with E-state index in [4.69, 9.17) is 0 Å². The van der Waals surface area contributed by atoms with Gasteiger partial charge in [0.2, 0.25) is 0 Å². The summed E-state index contributed by atoms with van der Waals surface area (Å²) in [5, 5.41) is 0. The summed E-state index contributed by atoms with van der Waals surface area (Å²) in [7, 11) is 0. The predicted octanol–water partition coefficient (Wildman–Crippen LogP) is 16.8. The Morgan fingerprint density at radius 2 is 1.10 bits per heavy atom. The lowest BCUT2D eigenvalue weighted by atomic mass is 9.67. The lowest BCUT2D eigenvalue weighted by Gasteiger charge is -2.37. The fraction of sp³-hybridized carbons (Fsp3) is 0.311. The van der Waals surface area contributed by atoms with Crippen molar-refractivity contribution in [3.63, 3.8) is 0 Å². The van der Waals surface area contributed by atoms with Crippen LogP contribution in [0.5, 0.6) is 0 Å². The topological polar surface area (TPSA) is 3.24 Å². The van der Waals surface area contributed by atoms with Gasteiger partial charge in [0.1, 0.15) is 0 Å². The van der Waals surface area contributed by atoms with Crippen LogP contribution < -0.4 is 4.90 Å². The number of anilines is 3. The number of benzene rings is 7. The minimum Gasteiger partial charge on any atom is -0.310 e. The highest BCUT2D eigenvalue weighted by Gasteiger charge is 2.56. The maximum Gasteiger partial charge on any atom is 0.0543 e. The van der Waals surface area contributed by atoms with E-state index in [1.165, 1.54) is 115 Å². The molecule has 4 aliphatic carbocycles. The monoisotopic (exact) mass is 807 g/mol. The van der Waals surface area contributed by atoms with E-state index in [2.05, 4.69) is 213 Å². The molecule has 11 rings (SSSR count). The maximum absolute atomic E-state index is 2.63. The molecular formula is C61H61N. The maximum atomic E-state index is 2.63. The van der Waals surface area contributed by atoms with Crippen LogP contribution in [0.2, 0.25) is 0 Å². The molecule has 1 heteroatoms. The van der Waals surface area contributed by atoms with Gasteiger partial charge in [0, 0.05) is 27.8 Å². The van der Waals surface area contributed by atoms with Gasteiger partial charge in [0.15, 0.2) is 0 Å². The van der Waals surface area contributed by atoms with Crippen LogP contribution in [0.1, 0.15) is 120 Å². The van der Waals surface area contributed by atoms with Gasteiger partial charge in [-0.15, -0.1) is 0 Å². The zero-order valence-corrected chi connectivity index (χ0v) is 38.3. The van der Waals surface area contributed by atoms with E-state index in [1.54, 1.807) is 11.1 Å². The predicted molar refractivity (Wildman–Crippen MR) is 263 cm³/mol. The highest BCUT2D eigenvalue weighted by atomic mass is 15.1. The zero-order chi connectivity index (χ0) is 42.9. The Morgan fingerprint density at radius 3 is 1.74 bits per heavy atom. The van der Waals surface area contributed by atoms with Crippen molar-refractivity contribution in [1.29, 1.82) is 0 Å². The van der Waals surface area contributed by atoms with E-state index in [0.29, 0.717) is 5.92 Å². The molecule has 0 N–H and O–H groups in total. The van der Waals surface area contributed by atoms with Crippen molar-refractivity contribution >= 4 is 17.1 Å². The van der Waals surface area contributed by atoms with Crippen LogP contribution in [-0.2, 0) is 21.7 Å². The number of aryl methyl sites for hydroxylation is 1. The second-order valence-corrected chi connectivity index (χ2v) is 21.9. The first kappa shape index (κ1) is 39.2. The van der Waals surface area contributed by atoms with Crippen LogP contribution in [0.3, 0.4) is 0 Å². The van der Waals surface area contributed by atoms with Gasteiger partial charge in [-0.3, -0.25) is 0 Å². The normalized spacial score (nSPS) is 20.3. The molecule has 1 nitrogen and oxygen atoms in total. The first-order valence-corrected chi connectivity index (χ1v) is 23.3. The summed E-state index contributed by atoms with van der Waals surface area (Å²) in [6.07, 6.45) is 5.33. The van der Waals surface area contributed by atoms with Crippen molar-refractivity contribution in [2.75, 3.05) is 4.90 Å². The van der Waals surface area contributed by atoms with Crippen LogP contribution in [0, 0.1) is 18.8 Å². The standard InChI is InChI=1S/C61H61N/c1-38-31-57(52(41-15-14-16-43(33-41)59(5,6)7)36-51(38)40-22-25-42(26-23-40)58(2,3)4)62(45-27-29-49-47-17-10-12-19-53(47)60(8,9)55(49)34-45)46-28-30-50-48-18-11-13-20-54(48)61(56(50)35-46)37-39-21-24-44(61)32-39/h10-20,22-23,25-31,33-36,39,44H,21,24,32,37H2,1-9H3. The molecule has 2 fully saturated rings. The minimum atomic E-state index is -0.122. The van der Waals surface area contributed by atoms with E-state index in [9.17, 15) is 0 Å². The molecule has 1 spiro atoms. The van der Waals surface area contributed by atoms with Gasteiger partial charge in [-0.1, -0.05) is 171 Å². The van der Waals surface area contributed by atoms with Crippen molar-refractivity contribution in [2.24, 2.45) is 11.8 Å². The lowest BCUT2D eigenvalue weighted by molar-refractivity contribution is 0.327. The molecule has 0 heterocycles. The summed E-state index contributed by atoms with van der Waals surface area (Å²) in [6.45, 7) is 21.0. The number of fused-ring (bicyclic) bond motifs is 11. The molecule has 3 atom stereocenters. The molecule has 2 saturated carbocycles. The van der Waals surface area contributed by atoms with Crippen molar-refractivity contribution in [2.45, 2.75) is 110 Å². The fourth-order valence-corrected chi connectivity index (χ4v) is 12.5. The number of nitrogens with zero attached hydrogens (tertiary/aromatic N) is 1. The quantitative estimate of drug-likeness (QED) is 0.167. The number of rotatable bonds is 5. The molecular weight excluding hydrogens is 747 g/mol. The van der Waals surface area contributed by atoms with E-state index in [-0.39, 0.29) is 21.7 Å². The van der Waals surface area contributed by atoms with Crippen LogP contribution in [0.15, 0.2) is 146 Å². The van der Waals surface area contributed by atoms with Gasteiger partial charge in [-0.05, 0) is 163 Å². The van der Waals surface area contributed by atoms with Crippen molar-refractivity contribution in [3.05, 3.63) is 185 Å². The third kappa shape index (κ3) is 5.87. The van der Waals surface area contributed by atoms with Crippen LogP contribution in [-0.4, -0.2) is 0 Å². The molecule has 0 radical (unpaired) electrons. The highest BCUT2D eigenvalue weighted by Crippen LogP contribution is 2.66. The van der Waals surface area contributed by atoms with E-state index in [0.717, 1.165) is 5.92 Å². The van der Waals surface area contributed by atoms with Gasteiger partial charge in [-0.25, -0.2) is 0 Å². The Labute approximate surface area is 370 Å². The summed E-state index contributed by atoms with van der Waals surface area (Å²) in [6, 6.07) is 57.0. The van der Waals surface area contributed by atoms with Crippen LogP contribution in [0.25, 0.3) is 44.5 Å². The van der Waals surface area contributed by atoms with Crippen molar-refractivity contribution < 1.29 is 0 Å². The van der Waals surface area contributed by atoms with Crippen LogP contribution >= 0.6 is 0 Å². The molecule has 0 aromatic heterocycles. The molecule has 0 aliphatic heterocycles. The molecule has 310 valence electrons. The third-order valence-electron chi connectivity index (χ3n) is 15.8. The number of hydrogen-bond acceptors (Lipinski definition) is 1. The average Bonchev–Trinajstić information content (AvgIpc) is 4.00. The Hall–Kier alpha value is -5.66. The molecule has 7 aromatic carbocycles. The van der Waals surface area contributed by atoms with Crippen molar-refractivity contribution in [1.82, 2.24) is 0 Å². The highest BCUT2D eigenvalue weighted by molar-refractivity contribution is 5.95. The summed E-state index contributed by atoms with van der Waals surface area (Å²) >= 11 is 0. The zero-order valence-electron chi connectivity index (χ0n) is 38.3. The third-order valence-corrected chi connectivity index (χ3v) is 15.8. The van der Waals surface area contributed by atoms with Gasteiger partial charge in [-0.2, -0.15) is 0 Å². The first-order valence-electron chi connectivity index (χ1n) is 23.3. The Kier molecular flexibility index (Phi) is 8.64. The molecule has 0 amide bonds. The molecule has 3 unspecified atom stereocenters. The van der Waals surface area contributed by atoms with Gasteiger partial charge < -0.3 is 4.90 Å². The summed E-state index contributed by atoms with van der Waals surface area (Å²) in [5.74, 6) is 1.51. The van der Waals surface area contributed by atoms with Crippen molar-refractivity contribution in [3.8, 4) is 44.5 Å². The molecule has 2 bridgehead atoms.